The van der Waals surface area contributed by atoms with Crippen LogP contribution in [0, 0.1) is 0 Å². The van der Waals surface area contributed by atoms with Crippen LogP contribution < -0.4 is 0 Å². The van der Waals surface area contributed by atoms with Gasteiger partial charge in [-0.05, 0) is 17.7 Å². The van der Waals surface area contributed by atoms with Crippen LogP contribution in [0.15, 0.2) is 30.3 Å². The van der Waals surface area contributed by atoms with Gasteiger partial charge < -0.3 is 0 Å². The van der Waals surface area contributed by atoms with Crippen LogP contribution in [0.5, 0.6) is 0 Å². The van der Waals surface area contributed by atoms with Gasteiger partial charge in [0.05, 0.1) is 20.1 Å². The lowest BCUT2D eigenvalue weighted by Crippen LogP contribution is -1.87. The number of carbonyl (C=O) groups is 1. The van der Waals surface area contributed by atoms with Crippen LogP contribution in [-0.2, 0) is 0 Å². The predicted octanol–water partition coefficient (Wildman–Crippen LogP) is 5.78. The van der Waals surface area contributed by atoms with Crippen molar-refractivity contribution in [1.82, 2.24) is 0 Å². The summed E-state index contributed by atoms with van der Waals surface area (Å²) >= 11 is 24.0. The van der Waals surface area contributed by atoms with Crippen molar-refractivity contribution in [2.24, 2.45) is 0 Å². The summed E-state index contributed by atoms with van der Waals surface area (Å²) in [6, 6.07) is 8.47. The first kappa shape index (κ1) is 13.7. The van der Waals surface area contributed by atoms with Crippen molar-refractivity contribution in [1.29, 1.82) is 0 Å². The van der Waals surface area contributed by atoms with Gasteiger partial charge in [0.15, 0.2) is 6.29 Å². The molecule has 92 valence electrons. The van der Waals surface area contributed by atoms with Crippen LogP contribution in [0.1, 0.15) is 10.4 Å². The smallest absolute Gasteiger partial charge is 0.151 e. The number of hydrogen-bond donors (Lipinski definition) is 0. The van der Waals surface area contributed by atoms with Crippen molar-refractivity contribution in [2.75, 3.05) is 0 Å². The second kappa shape index (κ2) is 5.50. The fourth-order valence-corrected chi connectivity index (χ4v) is 2.45. The quantitative estimate of drug-likeness (QED) is 0.506. The van der Waals surface area contributed by atoms with Crippen molar-refractivity contribution < 1.29 is 4.79 Å². The molecule has 0 spiro atoms. The third kappa shape index (κ3) is 2.50. The summed E-state index contributed by atoms with van der Waals surface area (Å²) in [5.74, 6) is 0. The van der Waals surface area contributed by atoms with Crippen molar-refractivity contribution >= 4 is 52.7 Å². The summed E-state index contributed by atoms with van der Waals surface area (Å²) < 4.78 is 0. The summed E-state index contributed by atoms with van der Waals surface area (Å²) in [6.07, 6.45) is 0.699. The fraction of sp³-hybridized carbons (Fsp3) is 0. The number of aldehydes is 1. The van der Waals surface area contributed by atoms with Gasteiger partial charge in [0.25, 0.3) is 0 Å². The molecule has 0 aliphatic heterocycles. The third-order valence-corrected chi connectivity index (χ3v) is 4.07. The Bertz CT molecular complexity index is 599. The minimum absolute atomic E-state index is 0.296. The van der Waals surface area contributed by atoms with E-state index in [0.29, 0.717) is 43.1 Å². The predicted molar refractivity (Wildman–Crippen MR) is 77.3 cm³/mol. The molecule has 18 heavy (non-hydrogen) atoms. The van der Waals surface area contributed by atoms with Gasteiger partial charge in [-0.2, -0.15) is 0 Å². The summed E-state index contributed by atoms with van der Waals surface area (Å²) in [6.45, 7) is 0. The Morgan fingerprint density at radius 1 is 0.889 bits per heavy atom. The van der Waals surface area contributed by atoms with Crippen LogP contribution in [0.3, 0.4) is 0 Å². The van der Waals surface area contributed by atoms with Crippen molar-refractivity contribution in [3.63, 3.8) is 0 Å². The van der Waals surface area contributed by atoms with Crippen LogP contribution >= 0.6 is 46.4 Å². The molecule has 0 aromatic heterocycles. The van der Waals surface area contributed by atoms with Gasteiger partial charge in [-0.3, -0.25) is 4.79 Å². The normalized spacial score (nSPS) is 10.4. The van der Waals surface area contributed by atoms with E-state index >= 15 is 0 Å². The molecular formula is C13H6Cl4O. The molecule has 0 bridgehead atoms. The minimum Gasteiger partial charge on any atom is -0.298 e. The molecule has 0 saturated carbocycles. The maximum absolute atomic E-state index is 10.8. The average Bonchev–Trinajstić information content (AvgIpc) is 2.35. The third-order valence-electron chi connectivity index (χ3n) is 2.45. The van der Waals surface area contributed by atoms with Gasteiger partial charge in [-0.1, -0.05) is 64.6 Å². The molecule has 2 aromatic carbocycles. The maximum Gasteiger partial charge on any atom is 0.151 e. The second-order valence-electron chi connectivity index (χ2n) is 3.58. The SMILES string of the molecule is O=Cc1cccc(-c2cc(Cl)c(Cl)c(Cl)c2)c1Cl. The second-order valence-corrected chi connectivity index (χ2v) is 5.15. The summed E-state index contributed by atoms with van der Waals surface area (Å²) in [5, 5.41) is 1.34. The molecule has 5 heteroatoms. The monoisotopic (exact) mass is 318 g/mol. The van der Waals surface area contributed by atoms with E-state index in [1.807, 2.05) is 0 Å². The maximum atomic E-state index is 10.8. The molecule has 2 rings (SSSR count). The molecule has 0 aliphatic carbocycles. The standard InChI is InChI=1S/C13H6Cl4O/c14-10-4-8(5-11(15)13(10)17)9-3-1-2-7(6-18)12(9)16/h1-6H. The van der Waals surface area contributed by atoms with Gasteiger partial charge in [0, 0.05) is 11.1 Å². The largest absolute Gasteiger partial charge is 0.298 e. The fourth-order valence-electron chi connectivity index (χ4n) is 1.57. The van der Waals surface area contributed by atoms with Crippen molar-refractivity contribution in [3.05, 3.63) is 56.0 Å². The van der Waals surface area contributed by atoms with E-state index in [0.717, 1.165) is 0 Å². The number of carbonyl (C=O) groups excluding carboxylic acids is 1. The molecule has 0 aliphatic rings. The van der Waals surface area contributed by atoms with E-state index in [4.69, 9.17) is 46.4 Å². The van der Waals surface area contributed by atoms with Crippen LogP contribution in [0.25, 0.3) is 11.1 Å². The molecule has 0 N–H and O–H groups in total. The summed E-state index contributed by atoms with van der Waals surface area (Å²) in [7, 11) is 0. The van der Waals surface area contributed by atoms with Crippen LogP contribution in [0.2, 0.25) is 20.1 Å². The molecule has 0 unspecified atom stereocenters. The Kier molecular flexibility index (Phi) is 4.18. The van der Waals surface area contributed by atoms with Gasteiger partial charge in [-0.15, -0.1) is 0 Å². The van der Waals surface area contributed by atoms with Crippen LogP contribution in [0.4, 0.5) is 0 Å². The van der Waals surface area contributed by atoms with Crippen LogP contribution in [-0.4, -0.2) is 6.29 Å². The molecular weight excluding hydrogens is 314 g/mol. The first-order valence-electron chi connectivity index (χ1n) is 4.93. The highest BCUT2D eigenvalue weighted by Gasteiger charge is 2.11. The van der Waals surface area contributed by atoms with Gasteiger partial charge in [-0.25, -0.2) is 0 Å². The first-order valence-corrected chi connectivity index (χ1v) is 6.44. The lowest BCUT2D eigenvalue weighted by Gasteiger charge is -2.08. The lowest BCUT2D eigenvalue weighted by atomic mass is 10.0. The summed E-state index contributed by atoms with van der Waals surface area (Å²) in [4.78, 5) is 10.8. The van der Waals surface area contributed by atoms with Crippen molar-refractivity contribution in [3.8, 4) is 11.1 Å². The van der Waals surface area contributed by atoms with Gasteiger partial charge >= 0.3 is 0 Å². The highest BCUT2D eigenvalue weighted by Crippen LogP contribution is 2.37. The van der Waals surface area contributed by atoms with E-state index in [-0.39, 0.29) is 0 Å². The Balaban J connectivity index is 2.66. The molecule has 0 atom stereocenters. The Labute approximate surface area is 124 Å². The topological polar surface area (TPSA) is 17.1 Å². The molecule has 2 aromatic rings. The highest BCUT2D eigenvalue weighted by atomic mass is 35.5. The molecule has 0 heterocycles. The Hall–Kier alpha value is -0.730. The first-order chi connectivity index (χ1) is 8.54. The number of hydrogen-bond acceptors (Lipinski definition) is 1. The van der Waals surface area contributed by atoms with E-state index in [9.17, 15) is 4.79 Å². The number of rotatable bonds is 2. The van der Waals surface area contributed by atoms with E-state index in [1.54, 1.807) is 30.3 Å². The molecule has 0 saturated heterocycles. The zero-order valence-corrected chi connectivity index (χ0v) is 11.9. The van der Waals surface area contributed by atoms with Crippen molar-refractivity contribution in [2.45, 2.75) is 0 Å². The molecule has 1 nitrogen and oxygen atoms in total. The average molecular weight is 320 g/mol. The highest BCUT2D eigenvalue weighted by molar-refractivity contribution is 6.48. The molecule has 0 radical (unpaired) electrons. The zero-order chi connectivity index (χ0) is 13.3. The Morgan fingerprint density at radius 2 is 1.50 bits per heavy atom. The molecule has 0 fully saturated rings. The summed E-state index contributed by atoms with van der Waals surface area (Å²) in [5.41, 5.74) is 1.81. The Morgan fingerprint density at radius 3 is 2.06 bits per heavy atom. The van der Waals surface area contributed by atoms with E-state index < -0.39 is 0 Å². The van der Waals surface area contributed by atoms with E-state index in [1.165, 1.54) is 0 Å². The van der Waals surface area contributed by atoms with E-state index in [2.05, 4.69) is 0 Å². The van der Waals surface area contributed by atoms with Gasteiger partial charge in [0.2, 0.25) is 0 Å². The minimum atomic E-state index is 0.296. The lowest BCUT2D eigenvalue weighted by molar-refractivity contribution is 0.112. The zero-order valence-electron chi connectivity index (χ0n) is 8.88. The van der Waals surface area contributed by atoms with Gasteiger partial charge in [0.1, 0.15) is 0 Å². The number of halogens is 4. The number of benzene rings is 2. The molecule has 0 amide bonds.